The third-order valence-corrected chi connectivity index (χ3v) is 5.05. The summed E-state index contributed by atoms with van der Waals surface area (Å²) in [6.07, 6.45) is 3.15. The van der Waals surface area contributed by atoms with E-state index in [4.69, 9.17) is 30.5 Å². The van der Waals surface area contributed by atoms with Gasteiger partial charge in [0.15, 0.2) is 28.8 Å². The molecule has 27 heavy (non-hydrogen) atoms. The highest BCUT2D eigenvalue weighted by molar-refractivity contribution is 6.34. The number of Topliss-reactive ketones (excluding diaryl/α,β-unsaturated/α-hetero) is 1. The van der Waals surface area contributed by atoms with Gasteiger partial charge >= 0.3 is 0 Å². The van der Waals surface area contributed by atoms with Crippen LogP contribution >= 0.6 is 11.6 Å². The SMILES string of the molecule is COc1ccc(C=C2CCc3ccc(OC)c(OC)c3C2=O)c(Cl)c1OC. The average molecular weight is 389 g/mol. The summed E-state index contributed by atoms with van der Waals surface area (Å²) < 4.78 is 21.4. The van der Waals surface area contributed by atoms with Crippen molar-refractivity contribution in [2.24, 2.45) is 0 Å². The smallest absolute Gasteiger partial charge is 0.193 e. The maximum Gasteiger partial charge on any atom is 0.193 e. The molecule has 5 nitrogen and oxygen atoms in total. The minimum absolute atomic E-state index is 0.0853. The summed E-state index contributed by atoms with van der Waals surface area (Å²) in [6.45, 7) is 0. The van der Waals surface area contributed by atoms with E-state index >= 15 is 0 Å². The minimum Gasteiger partial charge on any atom is -0.493 e. The molecule has 3 rings (SSSR count). The van der Waals surface area contributed by atoms with Gasteiger partial charge in [-0.15, -0.1) is 0 Å². The molecule has 0 bridgehead atoms. The molecule has 6 heteroatoms. The van der Waals surface area contributed by atoms with Crippen molar-refractivity contribution in [3.63, 3.8) is 0 Å². The number of allylic oxidation sites excluding steroid dienone is 1. The number of hydrogen-bond donors (Lipinski definition) is 0. The van der Waals surface area contributed by atoms with Crippen molar-refractivity contribution in [2.45, 2.75) is 12.8 Å². The van der Waals surface area contributed by atoms with E-state index in [1.54, 1.807) is 26.4 Å². The fraction of sp³-hybridized carbons (Fsp3) is 0.286. The van der Waals surface area contributed by atoms with Gasteiger partial charge in [-0.2, -0.15) is 0 Å². The molecule has 2 aromatic carbocycles. The molecular weight excluding hydrogens is 368 g/mol. The molecule has 2 aromatic rings. The Morgan fingerprint density at radius 3 is 2.11 bits per heavy atom. The third kappa shape index (κ3) is 3.35. The van der Waals surface area contributed by atoms with Crippen LogP contribution in [0.1, 0.15) is 27.9 Å². The van der Waals surface area contributed by atoms with E-state index in [1.807, 2.05) is 18.2 Å². The van der Waals surface area contributed by atoms with Gasteiger partial charge in [-0.1, -0.05) is 17.7 Å². The van der Waals surface area contributed by atoms with Crippen molar-refractivity contribution in [3.8, 4) is 23.0 Å². The summed E-state index contributed by atoms with van der Waals surface area (Å²) in [5, 5.41) is 0.403. The highest BCUT2D eigenvalue weighted by Crippen LogP contribution is 2.41. The number of halogens is 1. The van der Waals surface area contributed by atoms with E-state index in [0.29, 0.717) is 51.1 Å². The van der Waals surface area contributed by atoms with Crippen LogP contribution in [-0.2, 0) is 6.42 Å². The molecule has 142 valence electrons. The van der Waals surface area contributed by atoms with Crippen LogP contribution < -0.4 is 18.9 Å². The Morgan fingerprint density at radius 2 is 1.48 bits per heavy atom. The molecular formula is C21H21ClO5. The Bertz CT molecular complexity index is 917. The first kappa shape index (κ1) is 19.1. The van der Waals surface area contributed by atoms with Crippen molar-refractivity contribution in [1.82, 2.24) is 0 Å². The number of carbonyl (C=O) groups is 1. The monoisotopic (exact) mass is 388 g/mol. The number of methoxy groups -OCH3 is 4. The molecule has 0 heterocycles. The van der Waals surface area contributed by atoms with E-state index in [-0.39, 0.29) is 5.78 Å². The lowest BCUT2D eigenvalue weighted by Gasteiger charge is -2.21. The second-order valence-electron chi connectivity index (χ2n) is 6.04. The van der Waals surface area contributed by atoms with Crippen LogP contribution in [0.15, 0.2) is 29.8 Å². The van der Waals surface area contributed by atoms with Gasteiger partial charge < -0.3 is 18.9 Å². The van der Waals surface area contributed by atoms with E-state index < -0.39 is 0 Å². The number of rotatable bonds is 5. The number of ether oxygens (including phenoxy) is 4. The van der Waals surface area contributed by atoms with Gasteiger partial charge in [-0.25, -0.2) is 0 Å². The van der Waals surface area contributed by atoms with Gasteiger partial charge in [0.25, 0.3) is 0 Å². The average Bonchev–Trinajstić information content (AvgIpc) is 2.70. The summed E-state index contributed by atoms with van der Waals surface area (Å²) in [5.41, 5.74) is 2.85. The molecule has 1 aliphatic rings. The topological polar surface area (TPSA) is 54.0 Å². The zero-order valence-corrected chi connectivity index (χ0v) is 16.5. The third-order valence-electron chi connectivity index (χ3n) is 4.66. The lowest BCUT2D eigenvalue weighted by Crippen LogP contribution is -2.16. The van der Waals surface area contributed by atoms with Crippen LogP contribution in [0.4, 0.5) is 0 Å². The summed E-state index contributed by atoms with van der Waals surface area (Å²) in [6, 6.07) is 7.31. The largest absolute Gasteiger partial charge is 0.493 e. The highest BCUT2D eigenvalue weighted by Gasteiger charge is 2.28. The Hall–Kier alpha value is -2.66. The second-order valence-corrected chi connectivity index (χ2v) is 6.42. The fourth-order valence-corrected chi connectivity index (χ4v) is 3.60. The Balaban J connectivity index is 2.08. The van der Waals surface area contributed by atoms with Crippen LogP contribution in [0, 0.1) is 0 Å². The predicted molar refractivity (Wildman–Crippen MR) is 105 cm³/mol. The summed E-state index contributed by atoms with van der Waals surface area (Å²) >= 11 is 6.46. The number of carbonyl (C=O) groups excluding carboxylic acids is 1. The number of benzene rings is 2. The summed E-state index contributed by atoms with van der Waals surface area (Å²) in [7, 11) is 6.17. The Kier molecular flexibility index (Phi) is 5.61. The Labute approximate surface area is 163 Å². The molecule has 0 fully saturated rings. The van der Waals surface area contributed by atoms with Crippen LogP contribution in [0.2, 0.25) is 5.02 Å². The number of aryl methyl sites for hydroxylation is 1. The molecule has 0 saturated heterocycles. The molecule has 0 aliphatic heterocycles. The van der Waals surface area contributed by atoms with Crippen molar-refractivity contribution in [2.75, 3.05) is 28.4 Å². The highest BCUT2D eigenvalue weighted by atomic mass is 35.5. The van der Waals surface area contributed by atoms with Crippen molar-refractivity contribution >= 4 is 23.5 Å². The molecule has 0 atom stereocenters. The number of fused-ring (bicyclic) bond motifs is 1. The minimum atomic E-state index is -0.0853. The lowest BCUT2D eigenvalue weighted by molar-refractivity contribution is 0.102. The summed E-state index contributed by atoms with van der Waals surface area (Å²) in [4.78, 5) is 13.2. The van der Waals surface area contributed by atoms with Gasteiger partial charge in [-0.3, -0.25) is 4.79 Å². The maximum atomic E-state index is 13.2. The molecule has 0 saturated carbocycles. The first-order chi connectivity index (χ1) is 13.0. The molecule has 0 aromatic heterocycles. The van der Waals surface area contributed by atoms with E-state index in [2.05, 4.69) is 0 Å². The lowest BCUT2D eigenvalue weighted by atomic mass is 9.85. The van der Waals surface area contributed by atoms with Crippen molar-refractivity contribution in [3.05, 3.63) is 51.6 Å². The van der Waals surface area contributed by atoms with E-state index in [0.717, 1.165) is 12.0 Å². The van der Waals surface area contributed by atoms with Crippen molar-refractivity contribution < 1.29 is 23.7 Å². The molecule has 0 N–H and O–H groups in total. The van der Waals surface area contributed by atoms with Gasteiger partial charge in [0, 0.05) is 5.57 Å². The first-order valence-corrected chi connectivity index (χ1v) is 8.83. The van der Waals surface area contributed by atoms with E-state index in [9.17, 15) is 4.79 Å². The first-order valence-electron chi connectivity index (χ1n) is 8.45. The molecule has 0 radical (unpaired) electrons. The van der Waals surface area contributed by atoms with Gasteiger partial charge in [-0.05, 0) is 48.2 Å². The molecule has 0 unspecified atom stereocenters. The second kappa shape index (κ2) is 7.92. The fourth-order valence-electron chi connectivity index (χ4n) is 3.31. The zero-order valence-electron chi connectivity index (χ0n) is 15.7. The molecule has 1 aliphatic carbocycles. The molecule has 0 amide bonds. The van der Waals surface area contributed by atoms with Gasteiger partial charge in [0.05, 0.1) is 39.0 Å². The standard InChI is InChI=1S/C21H21ClO5/c1-24-15-9-7-12-5-6-14(19(23)17(12)20(15)26-3)11-13-8-10-16(25-2)21(27-4)18(13)22/h7-11H,5-6H2,1-4H3. The van der Waals surface area contributed by atoms with Crippen LogP contribution in [0.25, 0.3) is 6.08 Å². The zero-order chi connectivity index (χ0) is 19.6. The van der Waals surface area contributed by atoms with Gasteiger partial charge in [0.2, 0.25) is 0 Å². The molecule has 0 spiro atoms. The van der Waals surface area contributed by atoms with Gasteiger partial charge in [0.1, 0.15) is 0 Å². The maximum absolute atomic E-state index is 13.2. The number of hydrogen-bond acceptors (Lipinski definition) is 5. The Morgan fingerprint density at radius 1 is 0.852 bits per heavy atom. The quantitative estimate of drug-likeness (QED) is 0.701. The van der Waals surface area contributed by atoms with Crippen molar-refractivity contribution in [1.29, 1.82) is 0 Å². The van der Waals surface area contributed by atoms with Crippen LogP contribution in [0.5, 0.6) is 23.0 Å². The van der Waals surface area contributed by atoms with Crippen LogP contribution in [0.3, 0.4) is 0 Å². The summed E-state index contributed by atoms with van der Waals surface area (Å²) in [5.74, 6) is 1.89. The van der Waals surface area contributed by atoms with Crippen LogP contribution in [-0.4, -0.2) is 34.2 Å². The predicted octanol–water partition coefficient (Wildman–Crippen LogP) is 4.59. The van der Waals surface area contributed by atoms with E-state index in [1.165, 1.54) is 14.2 Å². The number of ketones is 1. The normalized spacial score (nSPS) is 14.7.